The molecule has 1 aliphatic rings. The number of methoxy groups -OCH3 is 2. The molecule has 1 heterocycles. The maximum atomic E-state index is 12.6. The maximum Gasteiger partial charge on any atom is 0.338 e. The highest BCUT2D eigenvalue weighted by Gasteiger charge is 2.44. The number of benzene rings is 2. The second kappa shape index (κ2) is 7.72. The Kier molecular flexibility index (Phi) is 5.55. The summed E-state index contributed by atoms with van der Waals surface area (Å²) in [6, 6.07) is 12.5. The Morgan fingerprint density at radius 3 is 2.33 bits per heavy atom. The summed E-state index contributed by atoms with van der Waals surface area (Å²) in [5.41, 5.74) is 1.23. The molecule has 0 radical (unpaired) electrons. The minimum absolute atomic E-state index is 0.253. The van der Waals surface area contributed by atoms with Crippen LogP contribution in [0.1, 0.15) is 22.0 Å². The van der Waals surface area contributed by atoms with Crippen molar-refractivity contribution in [1.29, 1.82) is 0 Å². The zero-order valence-electron chi connectivity index (χ0n) is 15.9. The smallest absolute Gasteiger partial charge is 0.338 e. The van der Waals surface area contributed by atoms with E-state index in [2.05, 4.69) is 0 Å². The fourth-order valence-electron chi connectivity index (χ4n) is 3.39. The van der Waals surface area contributed by atoms with Crippen LogP contribution in [-0.2, 0) is 9.16 Å². The van der Waals surface area contributed by atoms with Gasteiger partial charge in [-0.05, 0) is 42.5 Å². The van der Waals surface area contributed by atoms with Crippen molar-refractivity contribution in [1.82, 2.24) is 0 Å². The zero-order chi connectivity index (χ0) is 19.6. The summed E-state index contributed by atoms with van der Waals surface area (Å²) in [7, 11) is 0.794. The number of carbonyl (C=O) groups excluding carboxylic acids is 1. The molecule has 144 valence electrons. The lowest BCUT2D eigenvalue weighted by molar-refractivity contribution is -0.0339. The fraction of sp³-hybridized carbons (Fsp3) is 0.350. The van der Waals surface area contributed by atoms with E-state index < -0.39 is 26.5 Å². The Hall–Kier alpha value is -2.35. The van der Waals surface area contributed by atoms with Gasteiger partial charge in [0.25, 0.3) is 0 Å². The molecule has 2 atom stereocenters. The normalized spacial score (nSPS) is 20.5. The van der Waals surface area contributed by atoms with E-state index in [0.29, 0.717) is 17.1 Å². The molecule has 0 fully saturated rings. The van der Waals surface area contributed by atoms with Crippen molar-refractivity contribution in [3.63, 3.8) is 0 Å². The molecule has 2 aromatic rings. The van der Waals surface area contributed by atoms with Gasteiger partial charge in [-0.25, -0.2) is 4.79 Å². The van der Waals surface area contributed by atoms with Crippen LogP contribution in [0.4, 0.5) is 0 Å². The quantitative estimate of drug-likeness (QED) is 0.626. The molecule has 0 bridgehead atoms. The number of fused-ring (bicyclic) bond motifs is 1. The van der Waals surface area contributed by atoms with E-state index in [-0.39, 0.29) is 6.61 Å². The van der Waals surface area contributed by atoms with Crippen LogP contribution in [0, 0.1) is 0 Å². The highest BCUT2D eigenvalue weighted by Crippen LogP contribution is 2.37. The third-order valence-corrected chi connectivity index (χ3v) is 7.34. The number of aliphatic hydroxyl groups excluding tert-OH is 1. The highest BCUT2D eigenvalue weighted by atomic mass is 28.4. The summed E-state index contributed by atoms with van der Waals surface area (Å²) in [6.07, 6.45) is -1.37. The third-order valence-electron chi connectivity index (χ3n) is 4.72. The Labute approximate surface area is 159 Å². The lowest BCUT2D eigenvalue weighted by atomic mass is 10.0. The van der Waals surface area contributed by atoms with Crippen molar-refractivity contribution in [2.24, 2.45) is 0 Å². The Balaban J connectivity index is 2.06. The maximum absolute atomic E-state index is 12.6. The predicted molar refractivity (Wildman–Crippen MR) is 103 cm³/mol. The number of carbonyl (C=O) groups is 1. The molecular formula is C20H24O6Si. The lowest BCUT2D eigenvalue weighted by Gasteiger charge is -2.41. The molecule has 3 rings (SSSR count). The van der Waals surface area contributed by atoms with Crippen LogP contribution in [0.5, 0.6) is 11.5 Å². The predicted octanol–water partition coefficient (Wildman–Crippen LogP) is 2.41. The van der Waals surface area contributed by atoms with Crippen LogP contribution in [0.3, 0.4) is 0 Å². The highest BCUT2D eigenvalue weighted by molar-refractivity contribution is 6.85. The Morgan fingerprint density at radius 1 is 1.11 bits per heavy atom. The average molecular weight is 388 g/mol. The standard InChI is InChI=1S/C20H24O6Si/c1-23-15-10-14-18(11-16(15)24-2)27(3,4)26-17(12-21)19(14)25-20(22)13-8-6-5-7-9-13/h5-11,17,19,21H,12H2,1-4H3/t17-,19+/m1/s1. The van der Waals surface area contributed by atoms with E-state index in [9.17, 15) is 9.90 Å². The number of hydrogen-bond acceptors (Lipinski definition) is 6. The SMILES string of the molecule is COc1cc2c(cc1OC)[Si](C)(C)O[C@H](CO)[C@H]2OC(=O)c1ccccc1. The first-order chi connectivity index (χ1) is 12.9. The minimum atomic E-state index is -2.34. The van der Waals surface area contributed by atoms with Crippen LogP contribution >= 0.6 is 0 Å². The second-order valence-electron chi connectivity index (χ2n) is 6.84. The fourth-order valence-corrected chi connectivity index (χ4v) is 5.86. The van der Waals surface area contributed by atoms with Gasteiger partial charge in [-0.15, -0.1) is 0 Å². The van der Waals surface area contributed by atoms with E-state index in [1.165, 1.54) is 0 Å². The Bertz CT molecular complexity index is 821. The first-order valence-electron chi connectivity index (χ1n) is 8.72. The van der Waals surface area contributed by atoms with Crippen molar-refractivity contribution < 1.29 is 28.5 Å². The van der Waals surface area contributed by atoms with E-state index in [1.807, 2.05) is 31.3 Å². The van der Waals surface area contributed by atoms with E-state index >= 15 is 0 Å². The summed E-state index contributed by atoms with van der Waals surface area (Å²) < 4.78 is 22.8. The van der Waals surface area contributed by atoms with Crippen LogP contribution in [0.2, 0.25) is 13.1 Å². The number of rotatable bonds is 5. The zero-order valence-corrected chi connectivity index (χ0v) is 16.9. The Morgan fingerprint density at radius 2 is 1.74 bits per heavy atom. The van der Waals surface area contributed by atoms with Crippen molar-refractivity contribution in [2.45, 2.75) is 25.3 Å². The molecule has 6 nitrogen and oxygen atoms in total. The second-order valence-corrected chi connectivity index (χ2v) is 10.6. The molecule has 27 heavy (non-hydrogen) atoms. The first-order valence-corrected chi connectivity index (χ1v) is 11.6. The summed E-state index contributed by atoms with van der Waals surface area (Å²) in [5.74, 6) is 0.668. The van der Waals surface area contributed by atoms with Gasteiger partial charge >= 0.3 is 5.97 Å². The molecule has 0 unspecified atom stereocenters. The van der Waals surface area contributed by atoms with Gasteiger partial charge in [0.15, 0.2) is 17.6 Å². The van der Waals surface area contributed by atoms with Crippen molar-refractivity contribution >= 4 is 19.5 Å². The summed E-state index contributed by atoms with van der Waals surface area (Å²) in [5, 5.41) is 10.8. The number of ether oxygens (including phenoxy) is 3. The largest absolute Gasteiger partial charge is 0.493 e. The van der Waals surface area contributed by atoms with Crippen LogP contribution in [0.25, 0.3) is 0 Å². The summed E-state index contributed by atoms with van der Waals surface area (Å²) >= 11 is 0. The van der Waals surface area contributed by atoms with Gasteiger partial charge in [0, 0.05) is 5.56 Å². The molecule has 0 spiro atoms. The van der Waals surface area contributed by atoms with Crippen LogP contribution in [0.15, 0.2) is 42.5 Å². The summed E-state index contributed by atoms with van der Waals surface area (Å²) in [6.45, 7) is 3.82. The number of esters is 1. The molecule has 2 aromatic carbocycles. The van der Waals surface area contributed by atoms with E-state index in [1.54, 1.807) is 38.5 Å². The molecule has 0 aliphatic carbocycles. The summed E-state index contributed by atoms with van der Waals surface area (Å²) in [4.78, 5) is 12.6. The van der Waals surface area contributed by atoms with E-state index in [0.717, 1.165) is 10.8 Å². The molecule has 1 N–H and O–H groups in total. The molecule has 0 aromatic heterocycles. The third kappa shape index (κ3) is 3.71. The van der Waals surface area contributed by atoms with Gasteiger partial charge in [-0.1, -0.05) is 18.2 Å². The van der Waals surface area contributed by atoms with Gasteiger partial charge < -0.3 is 23.7 Å². The molecular weight excluding hydrogens is 364 g/mol. The molecule has 1 aliphatic heterocycles. The molecule has 0 amide bonds. The average Bonchev–Trinajstić information content (AvgIpc) is 2.69. The van der Waals surface area contributed by atoms with Crippen molar-refractivity contribution in [3.8, 4) is 11.5 Å². The minimum Gasteiger partial charge on any atom is -0.493 e. The first kappa shape index (κ1) is 19.4. The van der Waals surface area contributed by atoms with Gasteiger partial charge in [0.05, 0.1) is 26.4 Å². The van der Waals surface area contributed by atoms with Gasteiger partial charge in [0.1, 0.15) is 6.10 Å². The monoisotopic (exact) mass is 388 g/mol. The van der Waals surface area contributed by atoms with Gasteiger partial charge in [-0.2, -0.15) is 0 Å². The van der Waals surface area contributed by atoms with Crippen LogP contribution in [-0.4, -0.2) is 46.3 Å². The number of aliphatic hydroxyl groups is 1. The van der Waals surface area contributed by atoms with Gasteiger partial charge in [0.2, 0.25) is 8.32 Å². The van der Waals surface area contributed by atoms with Gasteiger partial charge in [-0.3, -0.25) is 0 Å². The number of hydrogen-bond donors (Lipinski definition) is 1. The molecule has 0 saturated heterocycles. The molecule has 0 saturated carbocycles. The van der Waals surface area contributed by atoms with E-state index in [4.69, 9.17) is 18.6 Å². The molecule has 7 heteroatoms. The van der Waals surface area contributed by atoms with Crippen molar-refractivity contribution in [2.75, 3.05) is 20.8 Å². The topological polar surface area (TPSA) is 74.2 Å². The lowest BCUT2D eigenvalue weighted by Crippen LogP contribution is -2.56. The van der Waals surface area contributed by atoms with Crippen molar-refractivity contribution in [3.05, 3.63) is 53.6 Å². The van der Waals surface area contributed by atoms with Crippen LogP contribution < -0.4 is 14.7 Å².